The Labute approximate surface area is 91.5 Å². The molecule has 16 heavy (non-hydrogen) atoms. The number of hydrogen-bond acceptors (Lipinski definition) is 3. The van der Waals surface area contributed by atoms with Crippen LogP contribution in [0.15, 0.2) is 15.7 Å². The van der Waals surface area contributed by atoms with Gasteiger partial charge >= 0.3 is 11.7 Å². The first-order chi connectivity index (χ1) is 7.40. The summed E-state index contributed by atoms with van der Waals surface area (Å²) in [5, 5.41) is 8.68. The third-order valence-corrected chi connectivity index (χ3v) is 2.00. The fourth-order valence-corrected chi connectivity index (χ4v) is 1.44. The van der Waals surface area contributed by atoms with Crippen LogP contribution in [0.3, 0.4) is 0 Å². The second kappa shape index (κ2) is 4.78. The maximum absolute atomic E-state index is 11.5. The van der Waals surface area contributed by atoms with Crippen LogP contribution in [-0.4, -0.2) is 20.6 Å². The monoisotopic (exact) mass is 226 g/mol. The van der Waals surface area contributed by atoms with E-state index in [0.29, 0.717) is 6.54 Å². The molecular weight excluding hydrogens is 212 g/mol. The number of aromatic amines is 1. The number of H-pyrrole nitrogens is 1. The first-order valence-corrected chi connectivity index (χ1v) is 4.95. The van der Waals surface area contributed by atoms with Gasteiger partial charge in [-0.25, -0.2) is 4.79 Å². The average molecular weight is 226 g/mol. The van der Waals surface area contributed by atoms with Crippen LogP contribution in [0.25, 0.3) is 0 Å². The highest BCUT2D eigenvalue weighted by Crippen LogP contribution is 2.00. The predicted molar refractivity (Wildman–Crippen MR) is 57.5 cm³/mol. The summed E-state index contributed by atoms with van der Waals surface area (Å²) in [7, 11) is 0. The molecule has 0 saturated carbocycles. The molecule has 0 spiro atoms. The molecule has 0 saturated heterocycles. The van der Waals surface area contributed by atoms with Crippen LogP contribution in [0.5, 0.6) is 0 Å². The number of carbonyl (C=O) groups is 1. The van der Waals surface area contributed by atoms with E-state index in [2.05, 4.69) is 4.98 Å². The van der Waals surface area contributed by atoms with Gasteiger partial charge in [0.15, 0.2) is 0 Å². The number of rotatable bonds is 4. The highest BCUT2D eigenvalue weighted by Gasteiger charge is 2.10. The minimum atomic E-state index is -1.07. The first-order valence-electron chi connectivity index (χ1n) is 4.95. The van der Waals surface area contributed by atoms with Gasteiger partial charge in [-0.3, -0.25) is 19.1 Å². The molecular formula is C10H14N2O4. The van der Waals surface area contributed by atoms with E-state index in [-0.39, 0.29) is 18.0 Å². The number of nitrogens with zero attached hydrogens (tertiary/aromatic N) is 1. The molecule has 0 radical (unpaired) electrons. The van der Waals surface area contributed by atoms with E-state index in [1.165, 1.54) is 4.57 Å². The summed E-state index contributed by atoms with van der Waals surface area (Å²) in [6.07, 6.45) is -0.328. The summed E-state index contributed by atoms with van der Waals surface area (Å²) in [6, 6.07) is 1.15. The largest absolute Gasteiger partial charge is 0.481 e. The average Bonchev–Trinajstić information content (AvgIpc) is 2.09. The fourth-order valence-electron chi connectivity index (χ4n) is 1.44. The lowest BCUT2D eigenvalue weighted by Crippen LogP contribution is -2.34. The molecule has 0 fully saturated rings. The Hall–Kier alpha value is -1.85. The molecule has 1 heterocycles. The Balaban J connectivity index is 3.26. The number of hydrogen-bond donors (Lipinski definition) is 2. The fraction of sp³-hybridized carbons (Fsp3) is 0.500. The van der Waals surface area contributed by atoms with E-state index in [1.807, 2.05) is 13.8 Å². The van der Waals surface area contributed by atoms with Gasteiger partial charge in [0.2, 0.25) is 0 Å². The van der Waals surface area contributed by atoms with Crippen LogP contribution in [-0.2, 0) is 17.8 Å². The zero-order valence-corrected chi connectivity index (χ0v) is 9.19. The quantitative estimate of drug-likeness (QED) is 0.744. The van der Waals surface area contributed by atoms with Gasteiger partial charge in [-0.2, -0.15) is 0 Å². The second-order valence-electron chi connectivity index (χ2n) is 4.01. The molecule has 1 aromatic rings. The topological polar surface area (TPSA) is 92.2 Å². The number of carboxylic acid groups (broad SMARTS) is 1. The summed E-state index contributed by atoms with van der Waals surface area (Å²) in [4.78, 5) is 35.3. The van der Waals surface area contributed by atoms with Crippen molar-refractivity contribution in [3.05, 3.63) is 32.6 Å². The highest BCUT2D eigenvalue weighted by atomic mass is 16.4. The van der Waals surface area contributed by atoms with Crippen molar-refractivity contribution in [3.63, 3.8) is 0 Å². The zero-order chi connectivity index (χ0) is 12.3. The Bertz CT molecular complexity index is 498. The smallest absolute Gasteiger partial charge is 0.328 e. The minimum Gasteiger partial charge on any atom is -0.481 e. The van der Waals surface area contributed by atoms with Crippen molar-refractivity contribution in [2.24, 2.45) is 5.92 Å². The van der Waals surface area contributed by atoms with Crippen LogP contribution in [0.2, 0.25) is 0 Å². The molecule has 0 aromatic carbocycles. The van der Waals surface area contributed by atoms with Crippen molar-refractivity contribution in [2.45, 2.75) is 26.8 Å². The molecule has 0 atom stereocenters. The Morgan fingerprint density at radius 3 is 2.62 bits per heavy atom. The molecule has 0 bridgehead atoms. The molecule has 6 heteroatoms. The van der Waals surface area contributed by atoms with Crippen molar-refractivity contribution in [3.8, 4) is 0 Å². The molecule has 0 aliphatic carbocycles. The molecule has 6 nitrogen and oxygen atoms in total. The maximum atomic E-state index is 11.5. The van der Waals surface area contributed by atoms with Gasteiger partial charge in [0.25, 0.3) is 5.56 Å². The summed E-state index contributed by atoms with van der Waals surface area (Å²) < 4.78 is 1.29. The van der Waals surface area contributed by atoms with E-state index < -0.39 is 17.2 Å². The van der Waals surface area contributed by atoms with Gasteiger partial charge in [-0.1, -0.05) is 13.8 Å². The summed E-state index contributed by atoms with van der Waals surface area (Å²) in [5.74, 6) is -0.876. The lowest BCUT2D eigenvalue weighted by atomic mass is 10.2. The third-order valence-electron chi connectivity index (χ3n) is 2.00. The Kier molecular flexibility index (Phi) is 3.65. The van der Waals surface area contributed by atoms with E-state index in [1.54, 1.807) is 0 Å². The van der Waals surface area contributed by atoms with Crippen molar-refractivity contribution < 1.29 is 9.90 Å². The number of carboxylic acids is 1. The van der Waals surface area contributed by atoms with E-state index in [0.717, 1.165) is 6.07 Å². The first kappa shape index (κ1) is 12.2. The summed E-state index contributed by atoms with van der Waals surface area (Å²) in [6.45, 7) is 4.20. The number of aromatic nitrogens is 2. The van der Waals surface area contributed by atoms with E-state index in [4.69, 9.17) is 5.11 Å². The molecule has 1 rings (SSSR count). The third kappa shape index (κ3) is 3.08. The second-order valence-corrected chi connectivity index (χ2v) is 4.01. The van der Waals surface area contributed by atoms with Crippen LogP contribution in [0, 0.1) is 5.92 Å². The zero-order valence-electron chi connectivity index (χ0n) is 9.19. The molecule has 88 valence electrons. The standard InChI is InChI=1S/C10H14N2O4/c1-6(2)5-12-7(4-9(14)15)3-8(13)11-10(12)16/h3,6H,4-5H2,1-2H3,(H,14,15)(H,11,13,16). The molecule has 2 N–H and O–H groups in total. The predicted octanol–water partition coefficient (Wildman–Crippen LogP) is -0.180. The van der Waals surface area contributed by atoms with Crippen LogP contribution < -0.4 is 11.2 Å². The molecule has 1 aromatic heterocycles. The van der Waals surface area contributed by atoms with Gasteiger partial charge in [-0.05, 0) is 5.92 Å². The van der Waals surface area contributed by atoms with Crippen molar-refractivity contribution >= 4 is 5.97 Å². The Morgan fingerprint density at radius 1 is 1.50 bits per heavy atom. The molecule has 0 aliphatic rings. The van der Waals surface area contributed by atoms with Crippen LogP contribution >= 0.6 is 0 Å². The van der Waals surface area contributed by atoms with E-state index >= 15 is 0 Å². The lowest BCUT2D eigenvalue weighted by molar-refractivity contribution is -0.136. The summed E-state index contributed by atoms with van der Waals surface area (Å²) in [5.41, 5.74) is -0.895. The lowest BCUT2D eigenvalue weighted by Gasteiger charge is -2.12. The normalized spacial score (nSPS) is 10.7. The van der Waals surface area contributed by atoms with Gasteiger partial charge in [-0.15, -0.1) is 0 Å². The van der Waals surface area contributed by atoms with Gasteiger partial charge in [0, 0.05) is 18.3 Å². The van der Waals surface area contributed by atoms with E-state index in [9.17, 15) is 14.4 Å². The number of aliphatic carboxylic acids is 1. The minimum absolute atomic E-state index is 0.191. The van der Waals surface area contributed by atoms with Crippen molar-refractivity contribution in [1.29, 1.82) is 0 Å². The molecule has 0 amide bonds. The van der Waals surface area contributed by atoms with Crippen molar-refractivity contribution in [1.82, 2.24) is 9.55 Å². The van der Waals surface area contributed by atoms with Crippen molar-refractivity contribution in [2.75, 3.05) is 0 Å². The molecule has 0 aliphatic heterocycles. The van der Waals surface area contributed by atoms with Gasteiger partial charge in [0.1, 0.15) is 0 Å². The van der Waals surface area contributed by atoms with Crippen LogP contribution in [0.1, 0.15) is 19.5 Å². The highest BCUT2D eigenvalue weighted by molar-refractivity contribution is 5.69. The SMILES string of the molecule is CC(C)Cn1c(CC(=O)O)cc(=O)[nH]c1=O. The van der Waals surface area contributed by atoms with Gasteiger partial charge < -0.3 is 5.11 Å². The van der Waals surface area contributed by atoms with Crippen LogP contribution in [0.4, 0.5) is 0 Å². The Morgan fingerprint density at radius 2 is 2.12 bits per heavy atom. The molecule has 0 unspecified atom stereocenters. The number of nitrogens with one attached hydrogen (secondary N) is 1. The van der Waals surface area contributed by atoms with Gasteiger partial charge in [0.05, 0.1) is 6.42 Å². The summed E-state index contributed by atoms with van der Waals surface area (Å²) >= 11 is 0. The maximum Gasteiger partial charge on any atom is 0.328 e.